The number of nitrogens with one attached hydrogen (secondary N) is 2. The molecule has 33 heavy (non-hydrogen) atoms. The Balaban J connectivity index is 1.56. The van der Waals surface area contributed by atoms with E-state index in [0.29, 0.717) is 19.6 Å². The summed E-state index contributed by atoms with van der Waals surface area (Å²) in [6.07, 6.45) is 3.61. The first-order chi connectivity index (χ1) is 15.8. The van der Waals surface area contributed by atoms with Gasteiger partial charge in [-0.1, -0.05) is 20.8 Å². The Bertz CT molecular complexity index is 656. The number of aliphatic hydroxyl groups excluding tert-OH is 1. The molecule has 1 heterocycles. The van der Waals surface area contributed by atoms with Crippen LogP contribution in [0.15, 0.2) is 0 Å². The highest BCUT2D eigenvalue weighted by atomic mass is 16.5. The van der Waals surface area contributed by atoms with Gasteiger partial charge in [0.1, 0.15) is 0 Å². The highest BCUT2D eigenvalue weighted by Crippen LogP contribution is 2.55. The Hall–Kier alpha value is -1.22. The van der Waals surface area contributed by atoms with Gasteiger partial charge in [0.05, 0.1) is 25.9 Å². The lowest BCUT2D eigenvalue weighted by molar-refractivity contribution is -0.144. The van der Waals surface area contributed by atoms with Crippen LogP contribution >= 0.6 is 0 Å². The molecule has 1 aliphatic heterocycles. The van der Waals surface area contributed by atoms with Crippen LogP contribution in [0, 0.1) is 29.1 Å². The van der Waals surface area contributed by atoms with E-state index in [2.05, 4.69) is 29.4 Å². The van der Waals surface area contributed by atoms with Crippen LogP contribution in [0.4, 0.5) is 0 Å². The first kappa shape index (κ1) is 26.4. The number of hydrogen-bond acceptors (Lipinski definition) is 6. The fourth-order valence-electron chi connectivity index (χ4n) is 6.49. The molecule has 2 saturated carbocycles. The predicted molar refractivity (Wildman–Crippen MR) is 127 cm³/mol. The van der Waals surface area contributed by atoms with Gasteiger partial charge in [-0.2, -0.15) is 0 Å². The molecule has 0 bridgehead atoms. The summed E-state index contributed by atoms with van der Waals surface area (Å²) in [5, 5.41) is 17.8. The number of hydrogen-bond donors (Lipinski definition) is 3. The Kier molecular flexibility index (Phi) is 9.56. The number of ether oxygens (including phenoxy) is 2. The van der Waals surface area contributed by atoms with Crippen LogP contribution in [0.25, 0.3) is 0 Å². The van der Waals surface area contributed by atoms with Gasteiger partial charge >= 0.3 is 0 Å². The summed E-state index contributed by atoms with van der Waals surface area (Å²) in [4.78, 5) is 27.5. The minimum absolute atomic E-state index is 0.00664. The van der Waals surface area contributed by atoms with E-state index in [1.54, 1.807) is 7.11 Å². The molecule has 7 atom stereocenters. The maximum absolute atomic E-state index is 12.9. The normalized spacial score (nSPS) is 36.0. The third kappa shape index (κ3) is 6.47. The van der Waals surface area contributed by atoms with Crippen LogP contribution in [0.1, 0.15) is 52.9 Å². The lowest BCUT2D eigenvalue weighted by Crippen LogP contribution is -2.58. The topological polar surface area (TPSA) is 100 Å². The molecule has 3 N–H and O–H groups in total. The van der Waals surface area contributed by atoms with E-state index in [9.17, 15) is 14.7 Å². The number of carbonyl (C=O) groups excluding carboxylic acids is 2. The fraction of sp³-hybridized carbons (Fsp3) is 0.920. The van der Waals surface area contributed by atoms with Crippen molar-refractivity contribution in [1.82, 2.24) is 15.5 Å². The second kappa shape index (κ2) is 12.0. The van der Waals surface area contributed by atoms with E-state index in [1.807, 2.05) is 6.92 Å². The van der Waals surface area contributed by atoms with Crippen molar-refractivity contribution in [3.05, 3.63) is 0 Å². The Morgan fingerprint density at radius 2 is 1.94 bits per heavy atom. The zero-order valence-electron chi connectivity index (χ0n) is 21.0. The third-order valence-electron chi connectivity index (χ3n) is 8.65. The quantitative estimate of drug-likeness (QED) is 0.474. The SMILES string of the molecule is COCCC(=O)N[C@H]1CC[C@]2(C)CC[C@H]([C@H](C)C(=O)NCCN3CCOCC3)[C@H](O)[C@H]2[C@@H]1C. The van der Waals surface area contributed by atoms with Crippen LogP contribution in [0.3, 0.4) is 0 Å². The van der Waals surface area contributed by atoms with E-state index in [-0.39, 0.29) is 46.9 Å². The van der Waals surface area contributed by atoms with Crippen molar-refractivity contribution in [2.75, 3.05) is 53.1 Å². The molecule has 0 spiro atoms. The zero-order chi connectivity index (χ0) is 24.0. The van der Waals surface area contributed by atoms with Crippen molar-refractivity contribution < 1.29 is 24.2 Å². The number of carbonyl (C=O) groups is 2. The van der Waals surface area contributed by atoms with Crippen molar-refractivity contribution in [2.24, 2.45) is 29.1 Å². The number of rotatable bonds is 9. The van der Waals surface area contributed by atoms with Crippen LogP contribution in [-0.2, 0) is 19.1 Å². The second-order valence-corrected chi connectivity index (χ2v) is 10.7. The van der Waals surface area contributed by atoms with Gasteiger partial charge in [0.25, 0.3) is 0 Å². The Morgan fingerprint density at radius 3 is 2.64 bits per heavy atom. The van der Waals surface area contributed by atoms with Gasteiger partial charge in [-0.05, 0) is 48.9 Å². The molecular weight excluding hydrogens is 422 g/mol. The maximum atomic E-state index is 12.9. The van der Waals surface area contributed by atoms with E-state index in [0.717, 1.165) is 58.5 Å². The van der Waals surface area contributed by atoms with Crippen LogP contribution in [0.5, 0.6) is 0 Å². The number of aliphatic hydroxyl groups is 1. The van der Waals surface area contributed by atoms with Gasteiger partial charge in [-0.3, -0.25) is 14.5 Å². The molecule has 1 saturated heterocycles. The molecule has 8 nitrogen and oxygen atoms in total. The van der Waals surface area contributed by atoms with Crippen LogP contribution in [0.2, 0.25) is 0 Å². The van der Waals surface area contributed by atoms with Crippen molar-refractivity contribution in [2.45, 2.75) is 65.0 Å². The second-order valence-electron chi connectivity index (χ2n) is 10.7. The molecule has 2 amide bonds. The molecule has 0 aromatic heterocycles. The third-order valence-corrected chi connectivity index (χ3v) is 8.65. The van der Waals surface area contributed by atoms with Crippen molar-refractivity contribution in [3.63, 3.8) is 0 Å². The molecule has 0 aromatic carbocycles. The van der Waals surface area contributed by atoms with E-state index in [1.165, 1.54) is 0 Å². The Morgan fingerprint density at radius 1 is 1.24 bits per heavy atom. The lowest BCUT2D eigenvalue weighted by atomic mass is 9.51. The summed E-state index contributed by atoms with van der Waals surface area (Å²) >= 11 is 0. The number of methoxy groups -OCH3 is 1. The fourth-order valence-corrected chi connectivity index (χ4v) is 6.49. The van der Waals surface area contributed by atoms with Gasteiger partial charge in [-0.15, -0.1) is 0 Å². The molecule has 190 valence electrons. The molecule has 3 aliphatic rings. The summed E-state index contributed by atoms with van der Waals surface area (Å²) in [6.45, 7) is 11.6. The summed E-state index contributed by atoms with van der Waals surface area (Å²) in [6, 6.07) is 0.0542. The summed E-state index contributed by atoms with van der Waals surface area (Å²) in [7, 11) is 1.60. The molecule has 0 radical (unpaired) electrons. The van der Waals surface area contributed by atoms with E-state index >= 15 is 0 Å². The first-order valence-electron chi connectivity index (χ1n) is 12.8. The highest BCUT2D eigenvalue weighted by molar-refractivity contribution is 5.78. The molecule has 3 rings (SSSR count). The van der Waals surface area contributed by atoms with Gasteiger partial charge in [-0.25, -0.2) is 0 Å². The largest absolute Gasteiger partial charge is 0.392 e. The van der Waals surface area contributed by atoms with E-state index < -0.39 is 6.10 Å². The molecular formula is C25H45N3O5. The maximum Gasteiger partial charge on any atom is 0.223 e. The number of fused-ring (bicyclic) bond motifs is 1. The van der Waals surface area contributed by atoms with Crippen LogP contribution in [-0.4, -0.2) is 87.1 Å². The average Bonchev–Trinajstić information content (AvgIpc) is 2.80. The minimum Gasteiger partial charge on any atom is -0.392 e. The van der Waals surface area contributed by atoms with Gasteiger partial charge < -0.3 is 25.2 Å². The summed E-state index contributed by atoms with van der Waals surface area (Å²) < 4.78 is 10.4. The van der Waals surface area contributed by atoms with Crippen LogP contribution < -0.4 is 10.6 Å². The monoisotopic (exact) mass is 467 g/mol. The summed E-state index contributed by atoms with van der Waals surface area (Å²) in [5.74, 6) is -0.0307. The average molecular weight is 468 g/mol. The minimum atomic E-state index is -0.544. The molecule has 0 unspecified atom stereocenters. The molecule has 3 fully saturated rings. The lowest BCUT2D eigenvalue weighted by Gasteiger charge is -2.56. The predicted octanol–water partition coefficient (Wildman–Crippen LogP) is 1.42. The molecule has 0 aromatic rings. The molecule has 8 heteroatoms. The number of morpholine rings is 1. The van der Waals surface area contributed by atoms with Crippen molar-refractivity contribution in [3.8, 4) is 0 Å². The standard InChI is InChI=1S/C25H45N3O5/c1-17(24(31)26-10-11-28-12-15-33-16-13-28)19-5-8-25(3)9-6-20(18(2)22(25)23(19)30)27-21(29)7-14-32-4/h17-20,22-23,30H,5-16H2,1-4H3,(H,26,31)(H,27,29)/t17-,18+,19+,20-,22+,23-,25-/m0/s1. The van der Waals surface area contributed by atoms with E-state index in [4.69, 9.17) is 9.47 Å². The van der Waals surface area contributed by atoms with Gasteiger partial charge in [0.15, 0.2) is 0 Å². The Labute approximate surface area is 199 Å². The number of nitrogens with zero attached hydrogens (tertiary/aromatic N) is 1. The highest BCUT2D eigenvalue weighted by Gasteiger charge is 2.53. The zero-order valence-corrected chi connectivity index (χ0v) is 21.0. The van der Waals surface area contributed by atoms with Crippen molar-refractivity contribution in [1.29, 1.82) is 0 Å². The van der Waals surface area contributed by atoms with Gasteiger partial charge in [0, 0.05) is 51.7 Å². The van der Waals surface area contributed by atoms with Gasteiger partial charge in [0.2, 0.25) is 11.8 Å². The first-order valence-corrected chi connectivity index (χ1v) is 12.8. The summed E-state index contributed by atoms with van der Waals surface area (Å²) in [5.41, 5.74) is 0.0512. The smallest absolute Gasteiger partial charge is 0.223 e. The van der Waals surface area contributed by atoms with Crippen molar-refractivity contribution >= 4 is 11.8 Å². The number of amides is 2. The molecule has 2 aliphatic carbocycles.